The lowest BCUT2D eigenvalue weighted by Gasteiger charge is -2.07. The monoisotopic (exact) mass is 268 g/mol. The molecule has 0 unspecified atom stereocenters. The molecule has 0 amide bonds. The molecule has 0 atom stereocenters. The van der Waals surface area contributed by atoms with Crippen molar-refractivity contribution in [1.82, 2.24) is 9.80 Å². The van der Waals surface area contributed by atoms with Gasteiger partial charge in [0, 0.05) is 13.0 Å². The van der Waals surface area contributed by atoms with Gasteiger partial charge in [-0.3, -0.25) is 9.59 Å². The highest BCUT2D eigenvalue weighted by Gasteiger charge is 2.02. The van der Waals surface area contributed by atoms with Crippen LogP contribution in [-0.2, 0) is 9.59 Å². The number of hydrogen-bond acceptors (Lipinski definition) is 4. The molecule has 4 nitrogen and oxygen atoms in total. The van der Waals surface area contributed by atoms with Gasteiger partial charge in [-0.25, -0.2) is 0 Å². The molecule has 0 aliphatic heterocycles. The Balaban J connectivity index is 0. The minimum absolute atomic E-state index is 0.111. The Morgan fingerprint density at radius 3 is 1.47 bits per heavy atom. The molecule has 0 radical (unpaired) electrons. The molecule has 0 aliphatic carbocycles. The van der Waals surface area contributed by atoms with Gasteiger partial charge < -0.3 is 9.80 Å². The zero-order chi connectivity index (χ0) is 15.6. The molecule has 0 aromatic heterocycles. The third-order valence-electron chi connectivity index (χ3n) is 2.20. The second-order valence-corrected chi connectivity index (χ2v) is 5.20. The highest BCUT2D eigenvalue weighted by molar-refractivity contribution is 5.95. The summed E-state index contributed by atoms with van der Waals surface area (Å²) in [4.78, 5) is 25.6. The zero-order valence-electron chi connectivity index (χ0n) is 13.2. The van der Waals surface area contributed by atoms with Gasteiger partial charge in [0.2, 0.25) is 0 Å². The second-order valence-electron chi connectivity index (χ2n) is 5.20. The summed E-state index contributed by atoms with van der Waals surface area (Å²) in [6, 6.07) is 0. The van der Waals surface area contributed by atoms with Gasteiger partial charge in [0.05, 0.1) is 6.54 Å². The van der Waals surface area contributed by atoms with E-state index in [4.69, 9.17) is 0 Å². The molecule has 0 aromatic carbocycles. The molecule has 0 saturated carbocycles. The number of hydrogen-bond donors (Lipinski definition) is 0. The largest absolute Gasteiger partial charge is 0.309 e. The summed E-state index contributed by atoms with van der Waals surface area (Å²) in [5.74, 6) is 0.272. The molecular weight excluding hydrogens is 240 g/mol. The summed E-state index contributed by atoms with van der Waals surface area (Å²) < 4.78 is 0. The fourth-order valence-corrected chi connectivity index (χ4v) is 0.961. The van der Waals surface area contributed by atoms with Crippen LogP contribution in [0.3, 0.4) is 0 Å². The van der Waals surface area contributed by atoms with Crippen molar-refractivity contribution in [2.24, 2.45) is 0 Å². The summed E-state index contributed by atoms with van der Waals surface area (Å²) in [6.07, 6.45) is 0.586. The van der Waals surface area contributed by atoms with E-state index in [0.29, 0.717) is 24.1 Å². The topological polar surface area (TPSA) is 40.6 Å². The molecule has 0 aromatic rings. The molecular formula is C15H28N2O2. The van der Waals surface area contributed by atoms with E-state index in [1.165, 1.54) is 0 Å². The number of Topliss-reactive ketones (excluding diaryl/α,β-unsaturated/α-hetero) is 2. The Morgan fingerprint density at radius 2 is 1.26 bits per heavy atom. The summed E-state index contributed by atoms with van der Waals surface area (Å²) in [5.41, 5.74) is 1.28. The maximum atomic E-state index is 10.9. The molecule has 19 heavy (non-hydrogen) atoms. The molecule has 0 saturated heterocycles. The number of rotatable bonds is 7. The Hall–Kier alpha value is -1.26. The van der Waals surface area contributed by atoms with Gasteiger partial charge in [-0.15, -0.1) is 0 Å². The molecule has 0 aliphatic rings. The first-order chi connectivity index (χ1) is 8.57. The Labute approximate surface area is 117 Å². The molecule has 0 fully saturated rings. The van der Waals surface area contributed by atoms with Crippen LogP contribution in [0.5, 0.6) is 0 Å². The van der Waals surface area contributed by atoms with E-state index < -0.39 is 0 Å². The Bertz CT molecular complexity index is 331. The van der Waals surface area contributed by atoms with Gasteiger partial charge in [-0.2, -0.15) is 0 Å². The average molecular weight is 268 g/mol. The van der Waals surface area contributed by atoms with Crippen molar-refractivity contribution in [2.75, 3.05) is 41.3 Å². The molecule has 0 bridgehead atoms. The van der Waals surface area contributed by atoms with E-state index in [1.807, 2.05) is 38.0 Å². The lowest BCUT2D eigenvalue weighted by molar-refractivity contribution is -0.116. The Morgan fingerprint density at radius 1 is 0.842 bits per heavy atom. The first kappa shape index (κ1) is 20.1. The van der Waals surface area contributed by atoms with E-state index in [2.05, 4.69) is 13.2 Å². The van der Waals surface area contributed by atoms with E-state index in [1.54, 1.807) is 13.8 Å². The van der Waals surface area contributed by atoms with Gasteiger partial charge in [-0.1, -0.05) is 13.2 Å². The van der Waals surface area contributed by atoms with Crippen molar-refractivity contribution in [3.05, 3.63) is 24.3 Å². The number of allylic oxidation sites excluding steroid dienone is 1. The van der Waals surface area contributed by atoms with Crippen LogP contribution in [0.1, 0.15) is 20.3 Å². The van der Waals surface area contributed by atoms with E-state index >= 15 is 0 Å². The first-order valence-electron chi connectivity index (χ1n) is 6.24. The summed E-state index contributed by atoms with van der Waals surface area (Å²) in [5, 5.41) is 0. The highest BCUT2D eigenvalue weighted by atomic mass is 16.1. The molecule has 0 rings (SSSR count). The van der Waals surface area contributed by atoms with Crippen LogP contribution in [0, 0.1) is 0 Å². The second kappa shape index (κ2) is 10.6. The van der Waals surface area contributed by atoms with Gasteiger partial charge in [0.25, 0.3) is 0 Å². The SMILES string of the molecule is C=C(C)C(=O)CCN(C)C.C=C(C)C(=O)CN(C)C. The number of carbonyl (C=O) groups is 2. The summed E-state index contributed by atoms with van der Waals surface area (Å²) >= 11 is 0. The number of ketones is 2. The number of nitrogens with zero attached hydrogens (tertiary/aromatic N) is 2. The third-order valence-corrected chi connectivity index (χ3v) is 2.20. The van der Waals surface area contributed by atoms with Crippen molar-refractivity contribution in [3.63, 3.8) is 0 Å². The third kappa shape index (κ3) is 14.7. The zero-order valence-corrected chi connectivity index (χ0v) is 13.2. The minimum Gasteiger partial charge on any atom is -0.309 e. The summed E-state index contributed by atoms with van der Waals surface area (Å²) in [6.45, 7) is 11.9. The van der Waals surface area contributed by atoms with Crippen LogP contribution in [0.4, 0.5) is 0 Å². The van der Waals surface area contributed by atoms with Gasteiger partial charge in [-0.05, 0) is 53.2 Å². The smallest absolute Gasteiger partial charge is 0.171 e. The molecule has 110 valence electrons. The number of carbonyl (C=O) groups excluding carboxylic acids is 2. The quantitative estimate of drug-likeness (QED) is 0.660. The van der Waals surface area contributed by atoms with Crippen LogP contribution < -0.4 is 0 Å². The van der Waals surface area contributed by atoms with Crippen molar-refractivity contribution >= 4 is 11.6 Å². The lowest BCUT2D eigenvalue weighted by atomic mass is 10.1. The van der Waals surface area contributed by atoms with Crippen molar-refractivity contribution in [3.8, 4) is 0 Å². The van der Waals surface area contributed by atoms with E-state index in [-0.39, 0.29) is 11.6 Å². The van der Waals surface area contributed by atoms with Crippen LogP contribution in [0.2, 0.25) is 0 Å². The average Bonchev–Trinajstić information content (AvgIpc) is 2.25. The number of likely N-dealkylation sites (N-methyl/N-ethyl adjacent to an activating group) is 1. The fourth-order valence-electron chi connectivity index (χ4n) is 0.961. The van der Waals surface area contributed by atoms with Crippen LogP contribution in [0.25, 0.3) is 0 Å². The maximum absolute atomic E-state index is 10.9. The maximum Gasteiger partial charge on any atom is 0.171 e. The minimum atomic E-state index is 0.111. The van der Waals surface area contributed by atoms with E-state index in [9.17, 15) is 9.59 Å². The lowest BCUT2D eigenvalue weighted by Crippen LogP contribution is -2.21. The summed E-state index contributed by atoms with van der Waals surface area (Å²) in [7, 11) is 7.62. The van der Waals surface area contributed by atoms with Gasteiger partial charge >= 0.3 is 0 Å². The Kier molecular flexibility index (Phi) is 11.2. The predicted octanol–water partition coefficient (Wildman–Crippen LogP) is 1.78. The van der Waals surface area contributed by atoms with E-state index in [0.717, 1.165) is 6.54 Å². The molecule has 0 heterocycles. The van der Waals surface area contributed by atoms with Crippen molar-refractivity contribution in [1.29, 1.82) is 0 Å². The van der Waals surface area contributed by atoms with Gasteiger partial charge in [0.1, 0.15) is 0 Å². The van der Waals surface area contributed by atoms with Crippen LogP contribution >= 0.6 is 0 Å². The van der Waals surface area contributed by atoms with Crippen LogP contribution in [-0.4, -0.2) is 62.6 Å². The first-order valence-corrected chi connectivity index (χ1v) is 6.24. The van der Waals surface area contributed by atoms with Crippen molar-refractivity contribution in [2.45, 2.75) is 20.3 Å². The van der Waals surface area contributed by atoms with Crippen molar-refractivity contribution < 1.29 is 9.59 Å². The van der Waals surface area contributed by atoms with Gasteiger partial charge in [0.15, 0.2) is 11.6 Å². The standard InChI is InChI=1S/C8H15NO.C7H13NO/c1-7(2)8(10)5-6-9(3)4;1-6(2)7(9)5-8(3)4/h1,5-6H2,2-4H3;1,5H2,2-4H3. The van der Waals surface area contributed by atoms with Crippen LogP contribution in [0.15, 0.2) is 24.3 Å². The molecule has 0 spiro atoms. The molecule has 0 N–H and O–H groups in total. The predicted molar refractivity (Wildman–Crippen MR) is 81.4 cm³/mol. The fraction of sp³-hybridized carbons (Fsp3) is 0.600. The normalized spacial score (nSPS) is 9.89. The highest BCUT2D eigenvalue weighted by Crippen LogP contribution is 1.95. The molecule has 4 heteroatoms.